The van der Waals surface area contributed by atoms with Gasteiger partial charge < -0.3 is 20.1 Å². The van der Waals surface area contributed by atoms with Gasteiger partial charge in [0.15, 0.2) is 0 Å². The predicted octanol–water partition coefficient (Wildman–Crippen LogP) is 1.76. The van der Waals surface area contributed by atoms with Gasteiger partial charge in [0.05, 0.1) is 5.56 Å². The van der Waals surface area contributed by atoms with Gasteiger partial charge in [-0.25, -0.2) is 0 Å². The van der Waals surface area contributed by atoms with Crippen LogP contribution in [0.5, 0.6) is 5.75 Å². The van der Waals surface area contributed by atoms with E-state index >= 15 is 0 Å². The molecule has 0 fully saturated rings. The first-order valence-electron chi connectivity index (χ1n) is 7.52. The summed E-state index contributed by atoms with van der Waals surface area (Å²) in [6.07, 6.45) is -5.34. The van der Waals surface area contributed by atoms with Gasteiger partial charge in [0.2, 0.25) is 5.91 Å². The van der Waals surface area contributed by atoms with Gasteiger partial charge in [-0.2, -0.15) is 13.2 Å². The molecule has 0 spiro atoms. The maximum absolute atomic E-state index is 12.5. The van der Waals surface area contributed by atoms with Crippen LogP contribution in [0.4, 0.5) is 13.2 Å². The van der Waals surface area contributed by atoms with E-state index < -0.39 is 17.8 Å². The summed E-state index contributed by atoms with van der Waals surface area (Å²) in [7, 11) is 3.33. The first-order chi connectivity index (χ1) is 11.1. The van der Waals surface area contributed by atoms with Gasteiger partial charge in [-0.15, -0.1) is 0 Å². The van der Waals surface area contributed by atoms with E-state index in [1.54, 1.807) is 21.0 Å². The number of amides is 1. The number of hydrogen-bond acceptors (Lipinski definition) is 4. The molecule has 1 aromatic carbocycles. The number of ether oxygens (including phenoxy) is 1. The van der Waals surface area contributed by atoms with Crippen molar-refractivity contribution in [3.63, 3.8) is 0 Å². The maximum atomic E-state index is 12.5. The molecule has 0 aliphatic heterocycles. The molecule has 2 atom stereocenters. The van der Waals surface area contributed by atoms with E-state index in [4.69, 9.17) is 4.74 Å². The molecule has 2 N–H and O–H groups in total. The molecule has 0 heterocycles. The minimum Gasteiger partial charge on any atom is -0.491 e. The molecule has 0 aromatic heterocycles. The second kappa shape index (κ2) is 8.89. The average Bonchev–Trinajstić information content (AvgIpc) is 2.51. The maximum Gasteiger partial charge on any atom is 0.416 e. The van der Waals surface area contributed by atoms with E-state index in [0.29, 0.717) is 6.54 Å². The number of nitrogens with one attached hydrogen (secondary N) is 1. The van der Waals surface area contributed by atoms with Gasteiger partial charge in [0.25, 0.3) is 0 Å². The molecule has 1 aromatic rings. The van der Waals surface area contributed by atoms with Crippen LogP contribution in [0.1, 0.15) is 12.5 Å². The van der Waals surface area contributed by atoms with Crippen LogP contribution in [0, 0.1) is 5.92 Å². The minimum absolute atomic E-state index is 0.0769. The number of benzene rings is 1. The molecule has 0 aliphatic carbocycles. The third kappa shape index (κ3) is 6.37. The van der Waals surface area contributed by atoms with Crippen molar-refractivity contribution in [1.82, 2.24) is 10.2 Å². The zero-order valence-electron chi connectivity index (χ0n) is 13.9. The van der Waals surface area contributed by atoms with E-state index in [0.717, 1.165) is 12.1 Å². The van der Waals surface area contributed by atoms with Crippen LogP contribution < -0.4 is 10.1 Å². The van der Waals surface area contributed by atoms with Crippen LogP contribution in [0.2, 0.25) is 0 Å². The van der Waals surface area contributed by atoms with Crippen LogP contribution in [0.3, 0.4) is 0 Å². The van der Waals surface area contributed by atoms with E-state index in [1.165, 1.54) is 17.0 Å². The fraction of sp³-hybridized carbons (Fsp3) is 0.562. The summed E-state index contributed by atoms with van der Waals surface area (Å²) in [4.78, 5) is 13.4. The first-order valence-corrected chi connectivity index (χ1v) is 7.52. The van der Waals surface area contributed by atoms with Crippen LogP contribution in [-0.2, 0) is 11.0 Å². The number of alkyl halides is 3. The average molecular weight is 348 g/mol. The molecule has 0 saturated carbocycles. The molecule has 1 amide bonds. The topological polar surface area (TPSA) is 61.8 Å². The van der Waals surface area contributed by atoms with Gasteiger partial charge in [0.1, 0.15) is 18.5 Å². The highest BCUT2D eigenvalue weighted by Gasteiger charge is 2.30. The van der Waals surface area contributed by atoms with Crippen molar-refractivity contribution in [2.45, 2.75) is 19.2 Å². The Labute approximate surface area is 139 Å². The Morgan fingerprint density at radius 2 is 1.92 bits per heavy atom. The molecule has 2 unspecified atom stereocenters. The standard InChI is InChI=1S/C16H23F3N2O3/c1-11(8-20-2)15(23)21(3)9-13(22)10-24-14-6-4-12(5-7-14)16(17,18)19/h4-7,11,13,20,22H,8-10H2,1-3H3. The summed E-state index contributed by atoms with van der Waals surface area (Å²) in [5.74, 6) is -0.111. The quantitative estimate of drug-likeness (QED) is 0.752. The Balaban J connectivity index is 2.45. The third-order valence-corrected chi connectivity index (χ3v) is 3.42. The van der Waals surface area contributed by atoms with Crippen molar-refractivity contribution < 1.29 is 27.8 Å². The normalized spacial score (nSPS) is 14.1. The predicted molar refractivity (Wildman–Crippen MR) is 83.7 cm³/mol. The summed E-state index contributed by atoms with van der Waals surface area (Å²) in [5, 5.41) is 12.8. The first kappa shape index (κ1) is 20.2. The largest absolute Gasteiger partial charge is 0.491 e. The molecule has 1 rings (SSSR count). The Morgan fingerprint density at radius 1 is 1.33 bits per heavy atom. The van der Waals surface area contributed by atoms with Gasteiger partial charge in [-0.3, -0.25) is 4.79 Å². The number of hydrogen-bond donors (Lipinski definition) is 2. The molecule has 24 heavy (non-hydrogen) atoms. The monoisotopic (exact) mass is 348 g/mol. The molecule has 8 heteroatoms. The van der Waals surface area contributed by atoms with Crippen molar-refractivity contribution in [3.05, 3.63) is 29.8 Å². The fourth-order valence-electron chi connectivity index (χ4n) is 2.16. The number of aliphatic hydroxyl groups is 1. The minimum atomic E-state index is -4.40. The molecule has 0 radical (unpaired) electrons. The Hall–Kier alpha value is -1.80. The molecule has 0 saturated heterocycles. The number of carbonyl (C=O) groups excluding carboxylic acids is 1. The lowest BCUT2D eigenvalue weighted by Gasteiger charge is -2.24. The van der Waals surface area contributed by atoms with Crippen LogP contribution in [-0.4, -0.2) is 55.8 Å². The zero-order chi connectivity index (χ0) is 18.3. The number of halogens is 3. The van der Waals surface area contributed by atoms with E-state index in [-0.39, 0.29) is 30.7 Å². The van der Waals surface area contributed by atoms with Crippen molar-refractivity contribution in [2.24, 2.45) is 5.92 Å². The Morgan fingerprint density at radius 3 is 2.42 bits per heavy atom. The van der Waals surface area contributed by atoms with E-state index in [9.17, 15) is 23.1 Å². The van der Waals surface area contributed by atoms with Gasteiger partial charge in [-0.05, 0) is 31.3 Å². The summed E-state index contributed by atoms with van der Waals surface area (Å²) in [6.45, 7) is 2.26. The lowest BCUT2D eigenvalue weighted by atomic mass is 10.1. The third-order valence-electron chi connectivity index (χ3n) is 3.42. The second-order valence-corrected chi connectivity index (χ2v) is 5.66. The summed E-state index contributed by atoms with van der Waals surface area (Å²) >= 11 is 0. The molecule has 0 bridgehead atoms. The number of nitrogens with zero attached hydrogens (tertiary/aromatic N) is 1. The van der Waals surface area contributed by atoms with Crippen molar-refractivity contribution >= 4 is 5.91 Å². The number of rotatable bonds is 8. The smallest absolute Gasteiger partial charge is 0.416 e. The van der Waals surface area contributed by atoms with Gasteiger partial charge >= 0.3 is 6.18 Å². The fourth-order valence-corrected chi connectivity index (χ4v) is 2.16. The van der Waals surface area contributed by atoms with Crippen LogP contribution >= 0.6 is 0 Å². The number of carbonyl (C=O) groups is 1. The summed E-state index contributed by atoms with van der Waals surface area (Å²) < 4.78 is 42.6. The molecule has 0 aliphatic rings. The SMILES string of the molecule is CNCC(C)C(=O)N(C)CC(O)COc1ccc(C(F)(F)F)cc1. The molecular formula is C16H23F3N2O3. The lowest BCUT2D eigenvalue weighted by Crippen LogP contribution is -2.41. The molecular weight excluding hydrogens is 325 g/mol. The highest BCUT2D eigenvalue weighted by atomic mass is 19.4. The Kier molecular flexibility index (Phi) is 7.50. The number of aliphatic hydroxyl groups excluding tert-OH is 1. The number of likely N-dealkylation sites (N-methyl/N-ethyl adjacent to an activating group) is 1. The lowest BCUT2D eigenvalue weighted by molar-refractivity contribution is -0.137. The van der Waals surface area contributed by atoms with E-state index in [1.807, 2.05) is 0 Å². The molecule has 136 valence electrons. The molecule has 5 nitrogen and oxygen atoms in total. The zero-order valence-corrected chi connectivity index (χ0v) is 13.9. The second-order valence-electron chi connectivity index (χ2n) is 5.66. The van der Waals surface area contributed by atoms with Gasteiger partial charge in [-0.1, -0.05) is 6.92 Å². The van der Waals surface area contributed by atoms with Crippen molar-refractivity contribution in [1.29, 1.82) is 0 Å². The highest BCUT2D eigenvalue weighted by molar-refractivity contribution is 5.78. The Bertz CT molecular complexity index is 520. The summed E-state index contributed by atoms with van der Waals surface area (Å²) in [5.41, 5.74) is -0.765. The van der Waals surface area contributed by atoms with Crippen LogP contribution in [0.25, 0.3) is 0 Å². The van der Waals surface area contributed by atoms with E-state index in [2.05, 4.69) is 5.32 Å². The van der Waals surface area contributed by atoms with Crippen molar-refractivity contribution in [2.75, 3.05) is 33.8 Å². The highest BCUT2D eigenvalue weighted by Crippen LogP contribution is 2.30. The van der Waals surface area contributed by atoms with Gasteiger partial charge in [0, 0.05) is 26.1 Å². The van der Waals surface area contributed by atoms with Crippen LogP contribution in [0.15, 0.2) is 24.3 Å². The van der Waals surface area contributed by atoms with Crippen molar-refractivity contribution in [3.8, 4) is 5.75 Å². The summed E-state index contributed by atoms with van der Waals surface area (Å²) in [6, 6.07) is 4.21.